The second-order valence-corrected chi connectivity index (χ2v) is 13.7. The summed E-state index contributed by atoms with van der Waals surface area (Å²) in [4.78, 5) is 12.1. The van der Waals surface area contributed by atoms with Gasteiger partial charge >= 0.3 is 5.97 Å². The van der Waals surface area contributed by atoms with Crippen LogP contribution in [0.4, 0.5) is 0 Å². The molecule has 1 atom stereocenters. The van der Waals surface area contributed by atoms with Gasteiger partial charge in [0, 0.05) is 0 Å². The van der Waals surface area contributed by atoms with E-state index in [1.807, 2.05) is 6.92 Å². The summed E-state index contributed by atoms with van der Waals surface area (Å²) in [7, 11) is -1.97. The maximum Gasteiger partial charge on any atom is 0.308 e. The van der Waals surface area contributed by atoms with E-state index in [4.69, 9.17) is 9.16 Å². The lowest BCUT2D eigenvalue weighted by atomic mass is 10.1. The molecule has 0 amide bonds. The van der Waals surface area contributed by atoms with Crippen LogP contribution in [0, 0.1) is 0 Å². The van der Waals surface area contributed by atoms with Crippen LogP contribution in [0.2, 0.25) is 18.1 Å². The molecule has 27 heavy (non-hydrogen) atoms. The molecule has 0 saturated heterocycles. The summed E-state index contributed by atoms with van der Waals surface area (Å²) < 4.78 is 11.7. The van der Waals surface area contributed by atoms with Crippen LogP contribution < -0.4 is 0 Å². The van der Waals surface area contributed by atoms with Crippen LogP contribution in [0.3, 0.4) is 0 Å². The normalized spacial score (nSPS) is 14.6. The number of ether oxygens (including phenoxy) is 1. The van der Waals surface area contributed by atoms with Crippen molar-refractivity contribution in [1.82, 2.24) is 0 Å². The molecule has 0 aromatic carbocycles. The van der Waals surface area contributed by atoms with Crippen molar-refractivity contribution in [2.24, 2.45) is 0 Å². The minimum absolute atomic E-state index is 0.106. The summed E-state index contributed by atoms with van der Waals surface area (Å²) in [5.41, 5.74) is 1.09. The smallest absolute Gasteiger partial charge is 0.308 e. The van der Waals surface area contributed by atoms with Crippen LogP contribution in [0.5, 0.6) is 0 Å². The van der Waals surface area contributed by atoms with Crippen LogP contribution in [0.25, 0.3) is 0 Å². The van der Waals surface area contributed by atoms with Crippen LogP contribution in [0.1, 0.15) is 86.5 Å². The van der Waals surface area contributed by atoms with Crippen LogP contribution in [-0.4, -0.2) is 27.0 Å². The minimum Gasteiger partial charge on any atom is -0.466 e. The Morgan fingerprint density at radius 1 is 1.07 bits per heavy atom. The molecule has 0 aromatic heterocycles. The molecule has 0 aliphatic carbocycles. The van der Waals surface area contributed by atoms with Gasteiger partial charge in [-0.15, -0.1) is 0 Å². The zero-order valence-electron chi connectivity index (χ0n) is 19.2. The van der Waals surface area contributed by atoms with Crippen molar-refractivity contribution in [1.29, 1.82) is 0 Å². The number of esters is 1. The molecule has 4 heteroatoms. The fraction of sp³-hybridized carbons (Fsp3) is 0.783. The van der Waals surface area contributed by atoms with Gasteiger partial charge < -0.3 is 9.16 Å². The molecule has 0 aliphatic rings. The molecule has 0 bridgehead atoms. The van der Waals surface area contributed by atoms with E-state index in [1.54, 1.807) is 0 Å². The van der Waals surface area contributed by atoms with Crippen molar-refractivity contribution in [2.75, 3.05) is 6.61 Å². The van der Waals surface area contributed by atoms with E-state index in [1.165, 1.54) is 32.1 Å². The van der Waals surface area contributed by atoms with Crippen LogP contribution in [-0.2, 0) is 14.0 Å². The van der Waals surface area contributed by atoms with Gasteiger partial charge in [0.25, 0.3) is 0 Å². The average molecular weight is 397 g/mol. The first-order valence-corrected chi connectivity index (χ1v) is 13.6. The Morgan fingerprint density at radius 2 is 1.70 bits per heavy atom. The highest BCUT2D eigenvalue weighted by molar-refractivity contribution is 6.74. The summed E-state index contributed by atoms with van der Waals surface area (Å²) in [6.07, 6.45) is 14.1. The third-order valence-electron chi connectivity index (χ3n) is 5.38. The van der Waals surface area contributed by atoms with Crippen molar-refractivity contribution < 1.29 is 14.0 Å². The average Bonchev–Trinajstić information content (AvgIpc) is 2.55. The molecule has 158 valence electrons. The number of hydrogen-bond donors (Lipinski definition) is 0. The number of allylic oxidation sites excluding steroid dienone is 3. The summed E-state index contributed by atoms with van der Waals surface area (Å²) >= 11 is 0. The maximum absolute atomic E-state index is 12.1. The molecule has 0 saturated carbocycles. The standard InChI is InChI=1S/C23H44O3Si/c1-9-11-12-13-14-15-16-17-18-20(3)21(19-22(24)25-10-2)26-27(7,8)23(4,5)6/h16-18,21H,9-15,19H2,1-8H3/b17-16-,20-18+. The van der Waals surface area contributed by atoms with Crippen molar-refractivity contribution in [3.05, 3.63) is 23.8 Å². The quantitative estimate of drug-likeness (QED) is 0.143. The predicted molar refractivity (Wildman–Crippen MR) is 120 cm³/mol. The highest BCUT2D eigenvalue weighted by Crippen LogP contribution is 2.38. The Balaban J connectivity index is 4.90. The van der Waals surface area contributed by atoms with Crippen molar-refractivity contribution in [2.45, 2.75) is 111 Å². The Bertz CT molecular complexity index is 473. The van der Waals surface area contributed by atoms with E-state index in [2.05, 4.69) is 65.9 Å². The Labute approximate surface area is 169 Å². The zero-order valence-corrected chi connectivity index (χ0v) is 20.2. The highest BCUT2D eigenvalue weighted by Gasteiger charge is 2.39. The molecule has 0 aliphatic heterocycles. The molecule has 3 nitrogen and oxygen atoms in total. The van der Waals surface area contributed by atoms with Crippen molar-refractivity contribution in [3.63, 3.8) is 0 Å². The minimum atomic E-state index is -1.97. The Hall–Kier alpha value is -0.873. The monoisotopic (exact) mass is 396 g/mol. The molecule has 0 aromatic rings. The van der Waals surface area contributed by atoms with E-state index in [0.29, 0.717) is 6.61 Å². The van der Waals surface area contributed by atoms with Gasteiger partial charge in [0.15, 0.2) is 8.32 Å². The third-order valence-corrected chi connectivity index (χ3v) is 9.86. The van der Waals surface area contributed by atoms with E-state index in [-0.39, 0.29) is 23.5 Å². The van der Waals surface area contributed by atoms with Gasteiger partial charge in [-0.2, -0.15) is 0 Å². The van der Waals surface area contributed by atoms with Crippen molar-refractivity contribution in [3.8, 4) is 0 Å². The van der Waals surface area contributed by atoms with Gasteiger partial charge in [0.05, 0.1) is 19.1 Å². The first-order chi connectivity index (χ1) is 12.5. The van der Waals surface area contributed by atoms with Gasteiger partial charge in [-0.1, -0.05) is 71.6 Å². The Morgan fingerprint density at radius 3 is 2.26 bits per heavy atom. The largest absolute Gasteiger partial charge is 0.466 e. The maximum atomic E-state index is 12.1. The SMILES string of the molecule is CCCCCCC/C=C\C=C(/C)C(CC(=O)OCC)O[Si](C)(C)C(C)(C)C. The molecular weight excluding hydrogens is 352 g/mol. The molecule has 0 radical (unpaired) electrons. The molecule has 1 unspecified atom stereocenters. The third kappa shape index (κ3) is 11.5. The first-order valence-electron chi connectivity index (χ1n) is 10.7. The molecular formula is C23H44O3Si. The van der Waals surface area contributed by atoms with Crippen LogP contribution in [0.15, 0.2) is 23.8 Å². The summed E-state index contributed by atoms with van der Waals surface area (Å²) in [5.74, 6) is -0.186. The fourth-order valence-corrected chi connectivity index (χ4v) is 3.82. The number of carbonyl (C=O) groups is 1. The number of carbonyl (C=O) groups excluding carboxylic acids is 1. The van der Waals surface area contributed by atoms with Crippen LogP contribution >= 0.6 is 0 Å². The van der Waals surface area contributed by atoms with Gasteiger partial charge in [-0.05, 0) is 50.4 Å². The van der Waals surface area contributed by atoms with E-state index in [0.717, 1.165) is 12.0 Å². The van der Waals surface area contributed by atoms with Gasteiger partial charge in [0.2, 0.25) is 0 Å². The summed E-state index contributed by atoms with van der Waals surface area (Å²) in [5, 5.41) is 0.106. The number of rotatable bonds is 13. The lowest BCUT2D eigenvalue weighted by Crippen LogP contribution is -2.44. The fourth-order valence-electron chi connectivity index (χ4n) is 2.49. The zero-order chi connectivity index (χ0) is 20.9. The van der Waals surface area contributed by atoms with E-state index < -0.39 is 8.32 Å². The predicted octanol–water partition coefficient (Wildman–Crippen LogP) is 7.19. The van der Waals surface area contributed by atoms with Gasteiger partial charge in [-0.3, -0.25) is 4.79 Å². The van der Waals surface area contributed by atoms with Gasteiger partial charge in [-0.25, -0.2) is 0 Å². The first kappa shape index (κ1) is 26.1. The Kier molecular flexibility index (Phi) is 12.9. The molecule has 0 spiro atoms. The van der Waals surface area contributed by atoms with E-state index >= 15 is 0 Å². The lowest BCUT2D eigenvalue weighted by molar-refractivity contribution is -0.144. The second-order valence-electron chi connectivity index (χ2n) is 8.92. The lowest BCUT2D eigenvalue weighted by Gasteiger charge is -2.39. The van der Waals surface area contributed by atoms with Crippen molar-refractivity contribution >= 4 is 14.3 Å². The van der Waals surface area contributed by atoms with Gasteiger partial charge in [0.1, 0.15) is 0 Å². The summed E-state index contributed by atoms with van der Waals surface area (Å²) in [6, 6.07) is 0. The second kappa shape index (κ2) is 13.3. The highest BCUT2D eigenvalue weighted by atomic mass is 28.4. The molecule has 0 fully saturated rings. The number of hydrogen-bond acceptors (Lipinski definition) is 3. The molecule has 0 heterocycles. The molecule has 0 rings (SSSR count). The summed E-state index contributed by atoms with van der Waals surface area (Å²) in [6.45, 7) is 17.7. The molecule has 0 N–H and O–H groups in total. The number of unbranched alkanes of at least 4 members (excludes halogenated alkanes) is 5. The topological polar surface area (TPSA) is 35.5 Å². The van der Waals surface area contributed by atoms with E-state index in [9.17, 15) is 4.79 Å².